The van der Waals surface area contributed by atoms with Crippen molar-refractivity contribution in [3.8, 4) is 0 Å². The highest BCUT2D eigenvalue weighted by atomic mass is 14.9. The van der Waals surface area contributed by atoms with Crippen molar-refractivity contribution in [1.29, 1.82) is 0 Å². The molecule has 2 aliphatic carbocycles. The minimum Gasteiger partial charge on any atom is -0.314 e. The molecule has 1 saturated carbocycles. The maximum atomic E-state index is 4.70. The minimum absolute atomic E-state index is 0.638. The van der Waals surface area contributed by atoms with Crippen molar-refractivity contribution < 1.29 is 0 Å². The van der Waals surface area contributed by atoms with Crippen molar-refractivity contribution in [3.63, 3.8) is 0 Å². The smallest absolute Gasteiger partial charge is 0.0482 e. The summed E-state index contributed by atoms with van der Waals surface area (Å²) in [5.74, 6) is 1.59. The highest BCUT2D eigenvalue weighted by Gasteiger charge is 2.32. The second-order valence-electron chi connectivity index (χ2n) is 6.60. The molecule has 1 N–H and O–H groups in total. The van der Waals surface area contributed by atoms with Crippen LogP contribution in [0, 0.1) is 5.92 Å². The van der Waals surface area contributed by atoms with E-state index in [1.165, 1.54) is 62.6 Å². The molecule has 1 aromatic heterocycles. The summed E-state index contributed by atoms with van der Waals surface area (Å²) in [6.45, 7) is 3.32. The summed E-state index contributed by atoms with van der Waals surface area (Å²) in [5, 5.41) is 3.77. The highest BCUT2D eigenvalue weighted by Crippen LogP contribution is 2.38. The van der Waals surface area contributed by atoms with E-state index in [2.05, 4.69) is 24.4 Å². The van der Waals surface area contributed by atoms with Gasteiger partial charge in [0, 0.05) is 23.9 Å². The van der Waals surface area contributed by atoms with Gasteiger partial charge in [-0.2, -0.15) is 0 Å². The maximum Gasteiger partial charge on any atom is 0.0482 e. The molecule has 0 bridgehead atoms. The quantitative estimate of drug-likeness (QED) is 0.874. The van der Waals surface area contributed by atoms with Gasteiger partial charge >= 0.3 is 0 Å². The van der Waals surface area contributed by atoms with Crippen LogP contribution in [0.5, 0.6) is 0 Å². The van der Waals surface area contributed by atoms with E-state index >= 15 is 0 Å². The zero-order valence-corrected chi connectivity index (χ0v) is 12.8. The molecule has 0 radical (unpaired) electrons. The number of hydrogen-bond acceptors (Lipinski definition) is 2. The summed E-state index contributed by atoms with van der Waals surface area (Å²) in [7, 11) is 0. The second kappa shape index (κ2) is 6.71. The summed E-state index contributed by atoms with van der Waals surface area (Å²) in [4.78, 5) is 4.70. The third-order valence-electron chi connectivity index (χ3n) is 5.27. The number of fused-ring (bicyclic) bond motifs is 1. The molecule has 1 heterocycles. The summed E-state index contributed by atoms with van der Waals surface area (Å²) < 4.78 is 0. The molecule has 1 fully saturated rings. The number of aromatic nitrogens is 1. The normalized spacial score (nSPS) is 24.6. The van der Waals surface area contributed by atoms with Gasteiger partial charge in [-0.1, -0.05) is 45.1 Å². The van der Waals surface area contributed by atoms with Crippen molar-refractivity contribution in [2.45, 2.75) is 70.3 Å². The van der Waals surface area contributed by atoms with Gasteiger partial charge in [0.2, 0.25) is 0 Å². The number of nitrogens with zero attached hydrogens (tertiary/aromatic N) is 1. The van der Waals surface area contributed by atoms with E-state index in [1.54, 1.807) is 0 Å². The van der Waals surface area contributed by atoms with Crippen LogP contribution in [0.25, 0.3) is 0 Å². The first-order valence-electron chi connectivity index (χ1n) is 8.55. The lowest BCUT2D eigenvalue weighted by Gasteiger charge is -2.30. The Labute approximate surface area is 123 Å². The van der Waals surface area contributed by atoms with Gasteiger partial charge in [-0.15, -0.1) is 0 Å². The molecule has 2 aliphatic rings. The molecule has 0 aromatic carbocycles. The largest absolute Gasteiger partial charge is 0.314 e. The van der Waals surface area contributed by atoms with Crippen LogP contribution < -0.4 is 5.32 Å². The number of nitrogens with one attached hydrogen (secondary N) is 1. The molecule has 2 unspecified atom stereocenters. The van der Waals surface area contributed by atoms with Crippen LogP contribution in [-0.2, 0) is 6.42 Å². The molecule has 20 heavy (non-hydrogen) atoms. The zero-order chi connectivity index (χ0) is 13.8. The van der Waals surface area contributed by atoms with Gasteiger partial charge in [-0.3, -0.25) is 4.98 Å². The van der Waals surface area contributed by atoms with Crippen LogP contribution in [0.4, 0.5) is 0 Å². The van der Waals surface area contributed by atoms with Crippen molar-refractivity contribution in [2.75, 3.05) is 6.54 Å². The molecule has 1 aromatic rings. The van der Waals surface area contributed by atoms with E-state index in [9.17, 15) is 0 Å². The topological polar surface area (TPSA) is 24.9 Å². The zero-order valence-electron chi connectivity index (χ0n) is 12.8. The first kappa shape index (κ1) is 14.1. The third-order valence-corrected chi connectivity index (χ3v) is 5.27. The fraction of sp³-hybridized carbons (Fsp3) is 0.722. The molecule has 0 spiro atoms. The van der Waals surface area contributed by atoms with Crippen molar-refractivity contribution in [2.24, 2.45) is 5.92 Å². The van der Waals surface area contributed by atoms with Crippen LogP contribution in [0.15, 0.2) is 18.3 Å². The molecule has 0 aliphatic heterocycles. The fourth-order valence-electron chi connectivity index (χ4n) is 4.27. The van der Waals surface area contributed by atoms with Gasteiger partial charge in [0.25, 0.3) is 0 Å². The Morgan fingerprint density at radius 1 is 1.25 bits per heavy atom. The first-order valence-corrected chi connectivity index (χ1v) is 8.55. The minimum atomic E-state index is 0.638. The maximum absolute atomic E-state index is 4.70. The average Bonchev–Trinajstić information content (AvgIpc) is 2.92. The molecule has 3 rings (SSSR count). The first-order chi connectivity index (χ1) is 9.88. The standard InChI is InChI=1S/C18H28N2/c1-2-19-17(13-14-7-4-3-5-8-14)16-11-10-15-9-6-12-20-18(15)16/h6,9,12,14,16-17,19H,2-5,7-8,10-11,13H2,1H3. The highest BCUT2D eigenvalue weighted by molar-refractivity contribution is 5.30. The van der Waals surface area contributed by atoms with Crippen molar-refractivity contribution in [3.05, 3.63) is 29.6 Å². The Kier molecular flexibility index (Phi) is 4.72. The Bertz CT molecular complexity index is 423. The molecule has 110 valence electrons. The van der Waals surface area contributed by atoms with E-state index in [1.807, 2.05) is 6.20 Å². The molecule has 2 atom stereocenters. The van der Waals surface area contributed by atoms with Gasteiger partial charge in [0.15, 0.2) is 0 Å². The summed E-state index contributed by atoms with van der Waals surface area (Å²) >= 11 is 0. The number of hydrogen-bond donors (Lipinski definition) is 1. The Hall–Kier alpha value is -0.890. The lowest BCUT2D eigenvalue weighted by molar-refractivity contribution is 0.277. The average molecular weight is 272 g/mol. The molecular weight excluding hydrogens is 244 g/mol. The molecule has 0 amide bonds. The van der Waals surface area contributed by atoms with Gasteiger partial charge in [-0.25, -0.2) is 0 Å². The Morgan fingerprint density at radius 3 is 2.90 bits per heavy atom. The number of likely N-dealkylation sites (N-methyl/N-ethyl adjacent to an activating group) is 1. The third kappa shape index (κ3) is 3.06. The monoisotopic (exact) mass is 272 g/mol. The Balaban J connectivity index is 1.70. The molecule has 2 nitrogen and oxygen atoms in total. The molecule has 2 heteroatoms. The van der Waals surface area contributed by atoms with Crippen LogP contribution in [-0.4, -0.2) is 17.6 Å². The number of aryl methyl sites for hydroxylation is 1. The van der Waals surface area contributed by atoms with Crippen LogP contribution in [0.3, 0.4) is 0 Å². The fourth-order valence-corrected chi connectivity index (χ4v) is 4.27. The summed E-state index contributed by atoms with van der Waals surface area (Å²) in [6, 6.07) is 5.00. The summed E-state index contributed by atoms with van der Waals surface area (Å²) in [6.07, 6.45) is 13.1. The van der Waals surface area contributed by atoms with Crippen LogP contribution in [0.2, 0.25) is 0 Å². The second-order valence-corrected chi connectivity index (χ2v) is 6.60. The van der Waals surface area contributed by atoms with Crippen molar-refractivity contribution in [1.82, 2.24) is 10.3 Å². The lowest BCUT2D eigenvalue weighted by Crippen LogP contribution is -2.36. The van der Waals surface area contributed by atoms with Gasteiger partial charge < -0.3 is 5.32 Å². The molecular formula is C18H28N2. The van der Waals surface area contributed by atoms with Crippen LogP contribution >= 0.6 is 0 Å². The number of rotatable bonds is 5. The predicted molar refractivity (Wildman–Crippen MR) is 84.0 cm³/mol. The van der Waals surface area contributed by atoms with E-state index in [4.69, 9.17) is 4.98 Å². The number of pyridine rings is 1. The van der Waals surface area contributed by atoms with E-state index in [0.29, 0.717) is 12.0 Å². The van der Waals surface area contributed by atoms with E-state index in [-0.39, 0.29) is 0 Å². The lowest BCUT2D eigenvalue weighted by atomic mass is 9.81. The Morgan fingerprint density at radius 2 is 2.10 bits per heavy atom. The molecule has 0 saturated heterocycles. The van der Waals surface area contributed by atoms with E-state index < -0.39 is 0 Å². The predicted octanol–water partition coefficient (Wildman–Crippen LogP) is 4.06. The van der Waals surface area contributed by atoms with Gasteiger partial charge in [0.1, 0.15) is 0 Å². The summed E-state index contributed by atoms with van der Waals surface area (Å²) in [5.41, 5.74) is 2.87. The van der Waals surface area contributed by atoms with Crippen molar-refractivity contribution >= 4 is 0 Å². The SMILES string of the molecule is CCNC(CC1CCCCC1)C1CCc2cccnc21. The van der Waals surface area contributed by atoms with Gasteiger partial charge in [-0.05, 0) is 43.4 Å². The van der Waals surface area contributed by atoms with E-state index in [0.717, 1.165) is 12.5 Å². The van der Waals surface area contributed by atoms with Crippen LogP contribution in [0.1, 0.15) is 69.0 Å². The van der Waals surface area contributed by atoms with Gasteiger partial charge in [0.05, 0.1) is 0 Å².